The van der Waals surface area contributed by atoms with Crippen molar-refractivity contribution in [2.75, 3.05) is 34.8 Å². The van der Waals surface area contributed by atoms with Crippen LogP contribution in [0.2, 0.25) is 0 Å². The fourth-order valence-electron chi connectivity index (χ4n) is 4.03. The van der Waals surface area contributed by atoms with Crippen molar-refractivity contribution in [2.24, 2.45) is 0 Å². The van der Waals surface area contributed by atoms with Crippen LogP contribution >= 0.6 is 11.8 Å². The Morgan fingerprint density at radius 2 is 1.90 bits per heavy atom. The first-order valence-electron chi connectivity index (χ1n) is 10.0. The minimum absolute atomic E-state index is 0.0101. The zero-order chi connectivity index (χ0) is 20.4. The van der Waals surface area contributed by atoms with Crippen molar-refractivity contribution in [2.45, 2.75) is 36.3 Å². The monoisotopic (exact) mass is 430 g/mol. The minimum atomic E-state index is -2.94. The molecule has 7 heteroatoms. The molecule has 2 fully saturated rings. The van der Waals surface area contributed by atoms with Gasteiger partial charge in [-0.05, 0) is 62.1 Å². The SMILES string of the molecule is Cc1cc(NC(=O)c2ccccc2S[C@@H]2CCS(=O)(=O)C2)ccc1N1CCCC1. The third-order valence-electron chi connectivity index (χ3n) is 5.52. The van der Waals surface area contributed by atoms with Crippen molar-refractivity contribution >= 4 is 38.9 Å². The molecule has 2 aliphatic heterocycles. The van der Waals surface area contributed by atoms with Crippen LogP contribution < -0.4 is 10.2 Å². The van der Waals surface area contributed by atoms with Crippen LogP contribution in [0.1, 0.15) is 35.2 Å². The van der Waals surface area contributed by atoms with E-state index in [-0.39, 0.29) is 22.7 Å². The molecule has 1 atom stereocenters. The van der Waals surface area contributed by atoms with E-state index in [1.54, 1.807) is 6.07 Å². The molecule has 4 rings (SSSR count). The lowest BCUT2D eigenvalue weighted by molar-refractivity contribution is 0.102. The summed E-state index contributed by atoms with van der Waals surface area (Å²) in [4.78, 5) is 16.2. The Bertz CT molecular complexity index is 1010. The van der Waals surface area contributed by atoms with Crippen molar-refractivity contribution in [1.82, 2.24) is 0 Å². The Morgan fingerprint density at radius 1 is 1.14 bits per heavy atom. The van der Waals surface area contributed by atoms with Crippen molar-refractivity contribution in [3.05, 3.63) is 53.6 Å². The van der Waals surface area contributed by atoms with Gasteiger partial charge in [-0.3, -0.25) is 4.79 Å². The average molecular weight is 431 g/mol. The van der Waals surface area contributed by atoms with Crippen molar-refractivity contribution in [3.8, 4) is 0 Å². The topological polar surface area (TPSA) is 66.5 Å². The smallest absolute Gasteiger partial charge is 0.256 e. The van der Waals surface area contributed by atoms with Gasteiger partial charge < -0.3 is 10.2 Å². The molecule has 0 bridgehead atoms. The summed E-state index contributed by atoms with van der Waals surface area (Å²) in [5.74, 6) is 0.259. The second-order valence-corrected chi connectivity index (χ2v) is 11.4. The standard InChI is InChI=1S/C22H26N2O3S2/c1-16-14-17(8-9-20(16)24-11-4-5-12-24)23-22(25)19-6-2-3-7-21(19)28-18-10-13-29(26,27)15-18/h2-3,6-9,14,18H,4-5,10-13,15H2,1H3,(H,23,25)/t18-/m1/s1. The van der Waals surface area contributed by atoms with Gasteiger partial charge >= 0.3 is 0 Å². The first-order valence-corrected chi connectivity index (χ1v) is 12.7. The molecular formula is C22H26N2O3S2. The molecule has 0 radical (unpaired) electrons. The van der Waals surface area contributed by atoms with Crippen LogP contribution in [0, 0.1) is 6.92 Å². The van der Waals surface area contributed by atoms with E-state index in [1.165, 1.54) is 30.3 Å². The van der Waals surface area contributed by atoms with Crippen LogP contribution in [0.15, 0.2) is 47.4 Å². The molecule has 154 valence electrons. The molecule has 29 heavy (non-hydrogen) atoms. The van der Waals surface area contributed by atoms with Gasteiger partial charge in [0.2, 0.25) is 0 Å². The molecule has 5 nitrogen and oxygen atoms in total. The summed E-state index contributed by atoms with van der Waals surface area (Å²) in [7, 11) is -2.94. The van der Waals surface area contributed by atoms with E-state index in [4.69, 9.17) is 0 Å². The van der Waals surface area contributed by atoms with E-state index in [9.17, 15) is 13.2 Å². The van der Waals surface area contributed by atoms with Gasteiger partial charge in [0.15, 0.2) is 9.84 Å². The maximum absolute atomic E-state index is 12.9. The number of benzene rings is 2. The highest BCUT2D eigenvalue weighted by molar-refractivity contribution is 8.02. The van der Waals surface area contributed by atoms with Gasteiger partial charge in [-0.15, -0.1) is 11.8 Å². The predicted molar refractivity (Wildman–Crippen MR) is 120 cm³/mol. The Hall–Kier alpha value is -1.99. The van der Waals surface area contributed by atoms with Crippen molar-refractivity contribution < 1.29 is 13.2 Å². The number of nitrogens with zero attached hydrogens (tertiary/aromatic N) is 1. The Labute approximate surface area is 176 Å². The third kappa shape index (κ3) is 4.78. The van der Waals surface area contributed by atoms with E-state index in [2.05, 4.69) is 23.2 Å². The summed E-state index contributed by atoms with van der Waals surface area (Å²) in [5.41, 5.74) is 3.75. The number of rotatable bonds is 5. The van der Waals surface area contributed by atoms with Crippen LogP contribution in [0.4, 0.5) is 11.4 Å². The van der Waals surface area contributed by atoms with Crippen LogP contribution in [-0.2, 0) is 9.84 Å². The molecule has 2 aromatic rings. The molecule has 0 spiro atoms. The molecule has 2 heterocycles. The van der Waals surface area contributed by atoms with Crippen molar-refractivity contribution in [1.29, 1.82) is 0 Å². The molecule has 1 N–H and O–H groups in total. The molecule has 1 amide bonds. The Morgan fingerprint density at radius 3 is 2.59 bits per heavy atom. The molecule has 2 saturated heterocycles. The van der Waals surface area contributed by atoms with Crippen LogP contribution in [0.3, 0.4) is 0 Å². The predicted octanol–water partition coefficient (Wildman–Crippen LogP) is 4.13. The highest BCUT2D eigenvalue weighted by atomic mass is 32.2. The van der Waals surface area contributed by atoms with Crippen LogP contribution in [-0.4, -0.2) is 44.2 Å². The Kier molecular flexibility index (Phi) is 5.88. The van der Waals surface area contributed by atoms with Gasteiger partial charge in [-0.2, -0.15) is 0 Å². The largest absolute Gasteiger partial charge is 0.371 e. The summed E-state index contributed by atoms with van der Waals surface area (Å²) in [6.45, 7) is 4.26. The maximum atomic E-state index is 12.9. The number of hydrogen-bond donors (Lipinski definition) is 1. The fourth-order valence-corrected chi connectivity index (χ4v) is 7.66. The normalized spacial score (nSPS) is 20.7. The lowest BCUT2D eigenvalue weighted by Gasteiger charge is -2.21. The van der Waals surface area contributed by atoms with Gasteiger partial charge in [0, 0.05) is 34.6 Å². The highest BCUT2D eigenvalue weighted by Gasteiger charge is 2.29. The van der Waals surface area contributed by atoms with E-state index in [0.29, 0.717) is 12.0 Å². The number of hydrogen-bond acceptors (Lipinski definition) is 5. The number of nitrogens with one attached hydrogen (secondary N) is 1. The van der Waals surface area contributed by atoms with Gasteiger partial charge in [0.25, 0.3) is 5.91 Å². The van der Waals surface area contributed by atoms with E-state index in [0.717, 1.165) is 29.2 Å². The summed E-state index contributed by atoms with van der Waals surface area (Å²) in [5, 5.41) is 3.02. The second kappa shape index (κ2) is 8.40. The molecular weight excluding hydrogens is 404 g/mol. The Balaban J connectivity index is 1.48. The highest BCUT2D eigenvalue weighted by Crippen LogP contribution is 2.33. The second-order valence-electron chi connectivity index (χ2n) is 7.79. The number of aryl methyl sites for hydroxylation is 1. The van der Waals surface area contributed by atoms with Gasteiger partial charge in [0.05, 0.1) is 17.1 Å². The minimum Gasteiger partial charge on any atom is -0.371 e. The number of amides is 1. The average Bonchev–Trinajstić information content (AvgIpc) is 3.32. The number of thioether (sulfide) groups is 1. The molecule has 2 aromatic carbocycles. The number of carbonyl (C=O) groups excluding carboxylic acids is 1. The van der Waals surface area contributed by atoms with Gasteiger partial charge in [-0.25, -0.2) is 8.42 Å². The number of anilines is 2. The molecule has 2 aliphatic rings. The first kappa shape index (κ1) is 20.3. The maximum Gasteiger partial charge on any atom is 0.256 e. The number of carbonyl (C=O) groups is 1. The summed E-state index contributed by atoms with van der Waals surface area (Å²) in [6, 6.07) is 13.5. The summed E-state index contributed by atoms with van der Waals surface area (Å²) < 4.78 is 23.5. The molecule has 0 unspecified atom stereocenters. The van der Waals surface area contributed by atoms with Gasteiger partial charge in [0.1, 0.15) is 0 Å². The zero-order valence-corrected chi connectivity index (χ0v) is 18.2. The molecule has 0 saturated carbocycles. The van der Waals surface area contributed by atoms with Gasteiger partial charge in [-0.1, -0.05) is 12.1 Å². The summed E-state index contributed by atoms with van der Waals surface area (Å²) >= 11 is 1.49. The van der Waals surface area contributed by atoms with Crippen LogP contribution in [0.25, 0.3) is 0 Å². The number of sulfone groups is 1. The molecule has 0 aliphatic carbocycles. The lowest BCUT2D eigenvalue weighted by Crippen LogP contribution is -2.19. The van der Waals surface area contributed by atoms with E-state index < -0.39 is 9.84 Å². The first-order chi connectivity index (χ1) is 13.9. The fraction of sp³-hybridized carbons (Fsp3) is 0.409. The summed E-state index contributed by atoms with van der Waals surface area (Å²) in [6.07, 6.45) is 3.10. The van der Waals surface area contributed by atoms with E-state index >= 15 is 0 Å². The third-order valence-corrected chi connectivity index (χ3v) is 8.84. The molecule has 0 aromatic heterocycles. The zero-order valence-electron chi connectivity index (χ0n) is 16.6. The van der Waals surface area contributed by atoms with Crippen LogP contribution in [0.5, 0.6) is 0 Å². The van der Waals surface area contributed by atoms with Crippen molar-refractivity contribution in [3.63, 3.8) is 0 Å². The van der Waals surface area contributed by atoms with E-state index in [1.807, 2.05) is 30.3 Å². The lowest BCUT2D eigenvalue weighted by atomic mass is 10.1. The quantitative estimate of drug-likeness (QED) is 0.773.